The highest BCUT2D eigenvalue weighted by Crippen LogP contribution is 2.38. The van der Waals surface area contributed by atoms with Gasteiger partial charge >= 0.3 is 0 Å². The van der Waals surface area contributed by atoms with Crippen LogP contribution in [0.5, 0.6) is 0 Å². The highest BCUT2D eigenvalue weighted by Gasteiger charge is 2.44. The highest BCUT2D eigenvalue weighted by atomic mass is 16.1. The number of carbonyl (C=O) groups excluding carboxylic acids is 1. The smallest absolute Gasteiger partial charge is 0.251 e. The van der Waals surface area contributed by atoms with Crippen LogP contribution in [0.2, 0.25) is 0 Å². The van der Waals surface area contributed by atoms with E-state index < -0.39 is 0 Å². The number of amides is 1. The lowest BCUT2D eigenvalue weighted by atomic mass is 10.1. The molecule has 3 aromatic rings. The fourth-order valence-corrected chi connectivity index (χ4v) is 4.56. The fourth-order valence-electron chi connectivity index (χ4n) is 4.56. The Kier molecular flexibility index (Phi) is 4.55. The Balaban J connectivity index is 1.41. The first-order valence-electron chi connectivity index (χ1n) is 10.2. The number of anilines is 2. The predicted octanol–water partition coefficient (Wildman–Crippen LogP) is 1.58. The molecule has 1 N–H and O–H groups in total. The van der Waals surface area contributed by atoms with Crippen molar-refractivity contribution in [1.29, 1.82) is 5.26 Å². The summed E-state index contributed by atoms with van der Waals surface area (Å²) in [5, 5.41) is 16.5. The van der Waals surface area contributed by atoms with E-state index in [4.69, 9.17) is 4.98 Å². The molecule has 0 unspecified atom stereocenters. The van der Waals surface area contributed by atoms with Crippen molar-refractivity contribution in [3.05, 3.63) is 54.0 Å². The Morgan fingerprint density at radius 2 is 2.03 bits per heavy atom. The summed E-state index contributed by atoms with van der Waals surface area (Å²) < 4.78 is 1.71. The number of aromatic nitrogens is 4. The molecule has 0 radical (unpaired) electrons. The third kappa shape index (κ3) is 3.26. The number of hydrogen-bond donors (Lipinski definition) is 1. The molecule has 2 aliphatic rings. The molecule has 2 aromatic heterocycles. The van der Waals surface area contributed by atoms with Crippen LogP contribution in [-0.4, -0.2) is 57.9 Å². The zero-order valence-electron chi connectivity index (χ0n) is 17.4. The molecule has 0 aliphatic carbocycles. The third-order valence-electron chi connectivity index (χ3n) is 6.03. The molecule has 31 heavy (non-hydrogen) atoms. The minimum Gasteiger partial charge on any atom is -0.365 e. The van der Waals surface area contributed by atoms with Gasteiger partial charge < -0.3 is 15.1 Å². The Bertz CT molecular complexity index is 1200. The molecule has 9 nitrogen and oxygen atoms in total. The van der Waals surface area contributed by atoms with Crippen molar-refractivity contribution in [3.8, 4) is 17.5 Å². The molecule has 2 atom stereocenters. The maximum absolute atomic E-state index is 12.0. The van der Waals surface area contributed by atoms with Crippen molar-refractivity contribution in [2.45, 2.75) is 18.5 Å². The van der Waals surface area contributed by atoms with Crippen molar-refractivity contribution < 1.29 is 4.79 Å². The minimum atomic E-state index is -0.0876. The van der Waals surface area contributed by atoms with Gasteiger partial charge in [-0.25, -0.2) is 9.97 Å². The largest absolute Gasteiger partial charge is 0.365 e. The molecule has 156 valence electrons. The molecule has 1 amide bonds. The Labute approximate surface area is 179 Å². The van der Waals surface area contributed by atoms with Crippen molar-refractivity contribution in [3.63, 3.8) is 0 Å². The SMILES string of the molecule is CNC(=O)c1cccc(N2C[C@@H]3C[C@@H]2CN3c2nc(-c3cnn(C)c3)ncc2C#N)c1. The standard InChI is InChI=1S/C22H22N8O/c1-24-22(31)14-4-3-5-17(6-14)29-12-19-7-18(29)13-30(19)21-15(8-23)9-25-20(27-21)16-10-26-28(2)11-16/h3-6,9-11,18-19H,7,12-13H2,1-2H3,(H,24,31)/t18-,19+/m1/s1. The first-order valence-corrected chi connectivity index (χ1v) is 10.2. The first kappa shape index (κ1) is 19.1. The van der Waals surface area contributed by atoms with Gasteiger partial charge in [-0.05, 0) is 24.6 Å². The summed E-state index contributed by atoms with van der Waals surface area (Å²) in [7, 11) is 3.49. The van der Waals surface area contributed by atoms with Crippen LogP contribution < -0.4 is 15.1 Å². The highest BCUT2D eigenvalue weighted by molar-refractivity contribution is 5.95. The van der Waals surface area contributed by atoms with Crippen LogP contribution in [-0.2, 0) is 7.05 Å². The predicted molar refractivity (Wildman–Crippen MR) is 116 cm³/mol. The van der Waals surface area contributed by atoms with Crippen molar-refractivity contribution in [2.24, 2.45) is 7.05 Å². The van der Waals surface area contributed by atoms with Crippen LogP contribution in [0.1, 0.15) is 22.3 Å². The summed E-state index contributed by atoms with van der Waals surface area (Å²) >= 11 is 0. The number of nitrogens with one attached hydrogen (secondary N) is 1. The number of carbonyl (C=O) groups is 1. The molecule has 0 spiro atoms. The summed E-state index contributed by atoms with van der Waals surface area (Å²) in [5.74, 6) is 1.16. The van der Waals surface area contributed by atoms with Gasteiger partial charge in [-0.15, -0.1) is 0 Å². The van der Waals surface area contributed by atoms with Gasteiger partial charge in [0, 0.05) is 50.7 Å². The molecule has 9 heteroatoms. The molecule has 1 aromatic carbocycles. The van der Waals surface area contributed by atoms with Crippen LogP contribution >= 0.6 is 0 Å². The van der Waals surface area contributed by atoms with E-state index in [1.807, 2.05) is 37.5 Å². The average Bonchev–Trinajstić information content (AvgIpc) is 3.54. The average molecular weight is 414 g/mol. The fraction of sp³-hybridized carbons (Fsp3) is 0.318. The minimum absolute atomic E-state index is 0.0876. The van der Waals surface area contributed by atoms with E-state index in [1.165, 1.54) is 0 Å². The normalized spacial score (nSPS) is 19.5. The van der Waals surface area contributed by atoms with E-state index in [1.54, 1.807) is 24.1 Å². The maximum Gasteiger partial charge on any atom is 0.251 e. The molecular formula is C22H22N8O. The molecule has 0 saturated carbocycles. The lowest BCUT2D eigenvalue weighted by Crippen LogP contribution is -2.47. The summed E-state index contributed by atoms with van der Waals surface area (Å²) in [4.78, 5) is 25.7. The number of nitriles is 1. The van der Waals surface area contributed by atoms with E-state index in [2.05, 4.69) is 31.3 Å². The number of hydrogen-bond acceptors (Lipinski definition) is 7. The van der Waals surface area contributed by atoms with Crippen LogP contribution in [0.15, 0.2) is 42.9 Å². The van der Waals surface area contributed by atoms with Crippen LogP contribution in [0.25, 0.3) is 11.4 Å². The van der Waals surface area contributed by atoms with E-state index >= 15 is 0 Å². The summed E-state index contributed by atoms with van der Waals surface area (Å²) in [6, 6.07) is 10.5. The van der Waals surface area contributed by atoms with Crippen LogP contribution in [0.4, 0.5) is 11.5 Å². The van der Waals surface area contributed by atoms with Gasteiger partial charge in [0.05, 0.1) is 24.0 Å². The third-order valence-corrected chi connectivity index (χ3v) is 6.03. The zero-order valence-corrected chi connectivity index (χ0v) is 17.4. The monoisotopic (exact) mass is 414 g/mol. The second-order valence-electron chi connectivity index (χ2n) is 7.92. The second kappa shape index (κ2) is 7.40. The number of nitrogens with zero attached hydrogens (tertiary/aromatic N) is 7. The first-order chi connectivity index (χ1) is 15.1. The van der Waals surface area contributed by atoms with E-state index in [9.17, 15) is 10.1 Å². The van der Waals surface area contributed by atoms with E-state index in [-0.39, 0.29) is 11.9 Å². The molecule has 2 saturated heterocycles. The van der Waals surface area contributed by atoms with Crippen molar-refractivity contribution in [1.82, 2.24) is 25.1 Å². The maximum atomic E-state index is 12.0. The van der Waals surface area contributed by atoms with Gasteiger partial charge in [-0.1, -0.05) is 6.07 Å². The molecule has 4 heterocycles. The Morgan fingerprint density at radius 1 is 1.23 bits per heavy atom. The zero-order chi connectivity index (χ0) is 21.5. The summed E-state index contributed by atoms with van der Waals surface area (Å²) in [5.41, 5.74) is 3.01. The molecule has 2 aliphatic heterocycles. The van der Waals surface area contributed by atoms with Crippen molar-refractivity contribution in [2.75, 3.05) is 29.9 Å². The van der Waals surface area contributed by atoms with Gasteiger partial charge in [0.15, 0.2) is 11.6 Å². The second-order valence-corrected chi connectivity index (χ2v) is 7.92. The van der Waals surface area contributed by atoms with Crippen molar-refractivity contribution >= 4 is 17.4 Å². The van der Waals surface area contributed by atoms with Gasteiger partial charge in [-0.3, -0.25) is 9.48 Å². The molecule has 2 bridgehead atoms. The van der Waals surface area contributed by atoms with Crippen LogP contribution in [0.3, 0.4) is 0 Å². The number of piperazine rings is 1. The van der Waals surface area contributed by atoms with E-state index in [0.29, 0.717) is 28.8 Å². The van der Waals surface area contributed by atoms with Crippen LogP contribution in [0, 0.1) is 11.3 Å². The van der Waals surface area contributed by atoms with E-state index in [0.717, 1.165) is 30.8 Å². The summed E-state index contributed by atoms with van der Waals surface area (Å²) in [6.45, 7) is 1.59. The van der Waals surface area contributed by atoms with Gasteiger partial charge in [0.2, 0.25) is 0 Å². The number of aryl methyl sites for hydroxylation is 1. The number of benzene rings is 1. The number of rotatable bonds is 4. The lowest BCUT2D eigenvalue weighted by Gasteiger charge is -2.36. The molecular weight excluding hydrogens is 392 g/mol. The van der Waals surface area contributed by atoms with Gasteiger partial charge in [0.25, 0.3) is 5.91 Å². The Morgan fingerprint density at radius 3 is 2.71 bits per heavy atom. The van der Waals surface area contributed by atoms with Gasteiger partial charge in [-0.2, -0.15) is 10.4 Å². The topological polar surface area (TPSA) is 103 Å². The summed E-state index contributed by atoms with van der Waals surface area (Å²) in [6.07, 6.45) is 6.17. The quantitative estimate of drug-likeness (QED) is 0.691. The van der Waals surface area contributed by atoms with Gasteiger partial charge in [0.1, 0.15) is 11.6 Å². The Hall–Kier alpha value is -3.93. The molecule has 2 fully saturated rings. The number of fused-ring (bicyclic) bond motifs is 2. The lowest BCUT2D eigenvalue weighted by molar-refractivity contribution is 0.0963. The molecule has 5 rings (SSSR count).